The van der Waals surface area contributed by atoms with E-state index in [-0.39, 0.29) is 37.7 Å². The number of para-hydroxylation sites is 1. The molecule has 3 aromatic carbocycles. The molecule has 4 rings (SSSR count). The molecule has 77 heavy (non-hydrogen) atoms. The van der Waals surface area contributed by atoms with Gasteiger partial charge in [-0.15, -0.1) is 0 Å². The molecule has 24 heteroatoms. The standard InChI is InChI=1S/C53H71N9O14S/c1-6-8-18-38(58-49(69)41(62-52(72)76-53(3,4)5)26-33-21-23-34(24-22-33)31-77(73,74)75)47(67)56-30-44(63)57-42(27-35-29-55-37-20-14-13-17-36(35)37)50(70)59-39(19-9-7-2)48(68)61-43(28-45(64)65)51(71)60-40(46(54)66)25-32-15-11-10-12-16-32/h10-17,20-24,29,38-43,55H,6-9,18-19,25-28,30-31H2,1-5H3,(H2,54,66)(H,56,67)(H,57,63)(H,58,69)(H,59,70)(H,60,71)(H,61,68)(H,62,72)(H,64,65)(H,73,74,75)/t38-,39-,40-,41-,42-,43-/m0/s1. The minimum absolute atomic E-state index is 0.0197. The molecule has 0 bridgehead atoms. The second-order valence-electron chi connectivity index (χ2n) is 19.6. The summed E-state index contributed by atoms with van der Waals surface area (Å²) < 4.78 is 37.5. The highest BCUT2D eigenvalue weighted by molar-refractivity contribution is 7.85. The van der Waals surface area contributed by atoms with E-state index in [2.05, 4.69) is 42.2 Å². The Kier molecular flexibility index (Phi) is 23.6. The molecule has 23 nitrogen and oxygen atoms in total. The van der Waals surface area contributed by atoms with E-state index >= 15 is 0 Å². The summed E-state index contributed by atoms with van der Waals surface area (Å²) in [6.45, 7) is 7.88. The maximum absolute atomic E-state index is 14.4. The molecule has 12 N–H and O–H groups in total. The van der Waals surface area contributed by atoms with Crippen LogP contribution in [-0.4, -0.2) is 125 Å². The molecule has 6 atom stereocenters. The highest BCUT2D eigenvalue weighted by atomic mass is 32.2. The average Bonchev–Trinajstić information content (AvgIpc) is 3.77. The minimum Gasteiger partial charge on any atom is -0.481 e. The highest BCUT2D eigenvalue weighted by Gasteiger charge is 2.34. The van der Waals surface area contributed by atoms with Gasteiger partial charge in [-0.1, -0.05) is 112 Å². The number of hydrogen-bond donors (Lipinski definition) is 11. The zero-order valence-electron chi connectivity index (χ0n) is 43.8. The van der Waals surface area contributed by atoms with Gasteiger partial charge >= 0.3 is 12.1 Å². The summed E-state index contributed by atoms with van der Waals surface area (Å²) in [5.41, 5.74) is 7.37. The number of alkyl carbamates (subject to hydrolysis) is 1. The normalized spacial score (nSPS) is 13.8. The fourth-order valence-corrected chi connectivity index (χ4v) is 8.66. The molecule has 0 unspecified atom stereocenters. The molecule has 1 aromatic heterocycles. The number of nitrogens with one attached hydrogen (secondary N) is 8. The number of nitrogens with two attached hydrogens (primary N) is 1. The Bertz CT molecular complexity index is 2800. The van der Waals surface area contributed by atoms with Crippen LogP contribution in [0.15, 0.2) is 85.1 Å². The maximum atomic E-state index is 14.4. The van der Waals surface area contributed by atoms with Gasteiger partial charge in [-0.05, 0) is 61.9 Å². The molecular formula is C53H71N9O14S. The van der Waals surface area contributed by atoms with Crippen molar-refractivity contribution in [1.29, 1.82) is 0 Å². The van der Waals surface area contributed by atoms with Crippen LogP contribution in [0.4, 0.5) is 4.79 Å². The summed E-state index contributed by atoms with van der Waals surface area (Å²) in [6, 6.07) is 13.4. The number of benzene rings is 3. The lowest BCUT2D eigenvalue weighted by Gasteiger charge is -2.26. The maximum Gasteiger partial charge on any atom is 0.408 e. The van der Waals surface area contributed by atoms with E-state index in [1.807, 2.05) is 13.8 Å². The number of aromatic amines is 1. The third kappa shape index (κ3) is 21.7. The topological polar surface area (TPSA) is 363 Å². The number of ether oxygens (including phenoxy) is 1. The first-order valence-corrected chi connectivity index (χ1v) is 26.9. The lowest BCUT2D eigenvalue weighted by Crippen LogP contribution is -2.59. The van der Waals surface area contributed by atoms with Crippen molar-refractivity contribution < 1.29 is 66.0 Å². The second kappa shape index (κ2) is 29.4. The summed E-state index contributed by atoms with van der Waals surface area (Å²) in [4.78, 5) is 124. The first-order valence-electron chi connectivity index (χ1n) is 25.3. The SMILES string of the molecule is CCCC[C@H](NC(=O)[C@H](Cc1ccc(CS(=O)(=O)O)cc1)NC(=O)OC(C)(C)C)C(=O)NCC(=O)N[C@@H](Cc1c[nH]c2ccccc12)C(=O)N[C@@H](CCCC)C(=O)N[C@@H](CC(=O)O)C(=O)N[C@@H](Cc1ccccc1)C(N)=O. The molecule has 0 aliphatic carbocycles. The van der Waals surface area contributed by atoms with E-state index < -0.39 is 124 Å². The van der Waals surface area contributed by atoms with Crippen molar-refractivity contribution in [3.63, 3.8) is 0 Å². The first-order chi connectivity index (χ1) is 36.3. The Hall–Kier alpha value is -7.86. The van der Waals surface area contributed by atoms with Crippen LogP contribution in [-0.2, 0) is 78.2 Å². The van der Waals surface area contributed by atoms with E-state index in [9.17, 15) is 61.2 Å². The number of hydrogen-bond acceptors (Lipinski definition) is 12. The lowest BCUT2D eigenvalue weighted by molar-refractivity contribution is -0.141. The molecule has 0 radical (unpaired) electrons. The van der Waals surface area contributed by atoms with Crippen molar-refractivity contribution in [2.45, 2.75) is 146 Å². The number of amides is 8. The van der Waals surface area contributed by atoms with E-state index in [1.54, 1.807) is 81.6 Å². The van der Waals surface area contributed by atoms with Gasteiger partial charge in [0.15, 0.2) is 0 Å². The lowest BCUT2D eigenvalue weighted by atomic mass is 10.0. The van der Waals surface area contributed by atoms with Gasteiger partial charge in [-0.25, -0.2) is 4.79 Å². The zero-order chi connectivity index (χ0) is 56.9. The van der Waals surface area contributed by atoms with Crippen LogP contribution in [0.2, 0.25) is 0 Å². The Labute approximate surface area is 447 Å². The smallest absolute Gasteiger partial charge is 0.408 e. The van der Waals surface area contributed by atoms with Crippen LogP contribution in [0, 0.1) is 0 Å². The van der Waals surface area contributed by atoms with Gasteiger partial charge in [0.25, 0.3) is 10.1 Å². The summed E-state index contributed by atoms with van der Waals surface area (Å²) in [5, 5.41) is 28.3. The third-order valence-electron chi connectivity index (χ3n) is 11.9. The van der Waals surface area contributed by atoms with Crippen molar-refractivity contribution in [2.24, 2.45) is 5.73 Å². The number of primary amides is 1. The van der Waals surface area contributed by atoms with Crippen LogP contribution in [0.3, 0.4) is 0 Å². The van der Waals surface area contributed by atoms with Crippen molar-refractivity contribution >= 4 is 74.4 Å². The molecule has 418 valence electrons. The van der Waals surface area contributed by atoms with E-state index in [4.69, 9.17) is 10.5 Å². The van der Waals surface area contributed by atoms with Gasteiger partial charge in [-0.3, -0.25) is 42.9 Å². The molecule has 8 amide bonds. The van der Waals surface area contributed by atoms with Gasteiger partial charge in [0.05, 0.1) is 13.0 Å². The Balaban J connectivity index is 1.53. The number of rotatable bonds is 30. The Morgan fingerprint density at radius 1 is 0.610 bits per heavy atom. The molecule has 0 saturated carbocycles. The Morgan fingerprint density at radius 3 is 1.68 bits per heavy atom. The Morgan fingerprint density at radius 2 is 1.10 bits per heavy atom. The summed E-state index contributed by atoms with van der Waals surface area (Å²) in [6.07, 6.45) is 1.70. The number of carbonyl (C=O) groups excluding carboxylic acids is 8. The largest absolute Gasteiger partial charge is 0.481 e. The van der Waals surface area contributed by atoms with Crippen LogP contribution < -0.4 is 43.0 Å². The van der Waals surface area contributed by atoms with Gasteiger partial charge in [-0.2, -0.15) is 8.42 Å². The quantitative estimate of drug-likeness (QED) is 0.0334. The van der Waals surface area contributed by atoms with Gasteiger partial charge in [0.2, 0.25) is 41.4 Å². The zero-order valence-corrected chi connectivity index (χ0v) is 44.6. The van der Waals surface area contributed by atoms with Crippen molar-refractivity contribution in [1.82, 2.24) is 42.2 Å². The summed E-state index contributed by atoms with van der Waals surface area (Å²) in [7, 11) is -4.32. The fourth-order valence-electron chi connectivity index (χ4n) is 8.04. The average molecular weight is 1090 g/mol. The number of aromatic nitrogens is 1. The summed E-state index contributed by atoms with van der Waals surface area (Å²) in [5.74, 6) is -8.17. The molecule has 0 fully saturated rings. The molecule has 0 aliphatic rings. The van der Waals surface area contributed by atoms with Crippen molar-refractivity contribution in [3.05, 3.63) is 107 Å². The van der Waals surface area contributed by atoms with Crippen LogP contribution in [0.1, 0.15) is 102 Å². The summed E-state index contributed by atoms with van der Waals surface area (Å²) >= 11 is 0. The monoisotopic (exact) mass is 1090 g/mol. The minimum atomic E-state index is -4.32. The number of aliphatic carboxylic acids is 1. The predicted molar refractivity (Wildman–Crippen MR) is 284 cm³/mol. The predicted octanol–water partition coefficient (Wildman–Crippen LogP) is 2.36. The van der Waals surface area contributed by atoms with Crippen LogP contribution >= 0.6 is 0 Å². The molecular weight excluding hydrogens is 1020 g/mol. The third-order valence-corrected chi connectivity index (χ3v) is 12.6. The number of carbonyl (C=O) groups is 9. The first kappa shape index (κ1) is 61.7. The fraction of sp³-hybridized carbons (Fsp3) is 0.453. The van der Waals surface area contributed by atoms with Crippen LogP contribution in [0.25, 0.3) is 10.9 Å². The molecule has 0 aliphatic heterocycles. The number of unbranched alkanes of at least 4 members (excludes halogenated alkanes) is 2. The number of carboxylic acid groups (broad SMARTS) is 1. The number of H-pyrrole nitrogens is 1. The van der Waals surface area contributed by atoms with E-state index in [0.717, 1.165) is 10.9 Å². The van der Waals surface area contributed by atoms with Crippen molar-refractivity contribution in [3.8, 4) is 0 Å². The number of fused-ring (bicyclic) bond motifs is 1. The molecule has 1 heterocycles. The molecule has 4 aromatic rings. The van der Waals surface area contributed by atoms with Gasteiger partial charge in [0, 0.05) is 36.4 Å². The van der Waals surface area contributed by atoms with E-state index in [1.165, 1.54) is 24.3 Å². The highest BCUT2D eigenvalue weighted by Crippen LogP contribution is 2.20. The van der Waals surface area contributed by atoms with Crippen molar-refractivity contribution in [2.75, 3.05) is 6.54 Å². The van der Waals surface area contributed by atoms with Crippen LogP contribution in [0.5, 0.6) is 0 Å². The van der Waals surface area contributed by atoms with Gasteiger partial charge < -0.3 is 57.8 Å². The second-order valence-corrected chi connectivity index (χ2v) is 21.0. The molecule has 0 saturated heterocycles. The number of carboxylic acids is 1. The van der Waals surface area contributed by atoms with E-state index in [0.29, 0.717) is 42.4 Å². The molecule has 0 spiro atoms. The van der Waals surface area contributed by atoms with Gasteiger partial charge in [0.1, 0.15) is 47.6 Å².